The molecule has 2 heterocycles. The lowest BCUT2D eigenvalue weighted by Gasteiger charge is -2.16. The Labute approximate surface area is 91.2 Å². The van der Waals surface area contributed by atoms with Gasteiger partial charge in [0.2, 0.25) is 0 Å². The third-order valence-corrected chi connectivity index (χ3v) is 2.23. The highest BCUT2D eigenvalue weighted by molar-refractivity contribution is 5.82. The molecule has 84 valence electrons. The van der Waals surface area contributed by atoms with Crippen molar-refractivity contribution in [3.05, 3.63) is 12.7 Å². The summed E-state index contributed by atoms with van der Waals surface area (Å²) in [5, 5.41) is 8.60. The van der Waals surface area contributed by atoms with Crippen LogP contribution in [0.4, 0.5) is 5.82 Å². The zero-order valence-electron chi connectivity index (χ0n) is 8.71. The fraction of sp³-hybridized carbons (Fsp3) is 0.333. The van der Waals surface area contributed by atoms with Gasteiger partial charge in [-0.05, 0) is 0 Å². The molecule has 0 atom stereocenters. The van der Waals surface area contributed by atoms with Crippen molar-refractivity contribution in [2.24, 2.45) is 0 Å². The lowest BCUT2D eigenvalue weighted by molar-refractivity contribution is -0.136. The predicted molar refractivity (Wildman–Crippen MR) is 57.2 cm³/mol. The summed E-state index contributed by atoms with van der Waals surface area (Å²) in [4.78, 5) is 27.3. The van der Waals surface area contributed by atoms with Crippen LogP contribution in [-0.4, -0.2) is 44.6 Å². The number of carboxylic acid groups (broad SMARTS) is 1. The van der Waals surface area contributed by atoms with Gasteiger partial charge in [0.05, 0.1) is 12.7 Å². The lowest BCUT2D eigenvalue weighted by atomic mass is 10.4. The molecule has 0 aliphatic heterocycles. The van der Waals surface area contributed by atoms with Crippen LogP contribution >= 0.6 is 0 Å². The van der Waals surface area contributed by atoms with Crippen LogP contribution in [-0.2, 0) is 4.79 Å². The summed E-state index contributed by atoms with van der Waals surface area (Å²) in [6.07, 6.45) is 3.01. The van der Waals surface area contributed by atoms with Gasteiger partial charge < -0.3 is 15.0 Å². The molecule has 0 aromatic carbocycles. The van der Waals surface area contributed by atoms with E-state index in [1.165, 1.54) is 12.7 Å². The van der Waals surface area contributed by atoms with Crippen molar-refractivity contribution >= 4 is 23.0 Å². The number of aromatic nitrogens is 4. The molecule has 0 amide bonds. The first-order valence-electron chi connectivity index (χ1n) is 4.75. The van der Waals surface area contributed by atoms with Gasteiger partial charge in [-0.15, -0.1) is 0 Å². The summed E-state index contributed by atoms with van der Waals surface area (Å²) in [6.45, 7) is 0.389. The highest BCUT2D eigenvalue weighted by Crippen LogP contribution is 2.17. The van der Waals surface area contributed by atoms with Crippen LogP contribution in [0.2, 0.25) is 0 Å². The summed E-state index contributed by atoms with van der Waals surface area (Å²) in [5.41, 5.74) is 1.29. The first-order valence-corrected chi connectivity index (χ1v) is 4.75. The normalized spacial score (nSPS) is 10.6. The number of nitrogens with zero attached hydrogens (tertiary/aromatic N) is 4. The molecule has 0 aliphatic rings. The van der Waals surface area contributed by atoms with E-state index in [9.17, 15) is 4.79 Å². The molecule has 2 aromatic heterocycles. The molecule has 7 nitrogen and oxygen atoms in total. The number of carboxylic acids is 1. The summed E-state index contributed by atoms with van der Waals surface area (Å²) in [7, 11) is 1.78. The average molecular weight is 221 g/mol. The number of aromatic amines is 1. The zero-order valence-corrected chi connectivity index (χ0v) is 8.71. The summed E-state index contributed by atoms with van der Waals surface area (Å²) in [5.74, 6) is -0.175. The Kier molecular flexibility index (Phi) is 2.67. The Hall–Kier alpha value is -2.18. The van der Waals surface area contributed by atoms with E-state index in [0.717, 1.165) is 5.52 Å². The average Bonchev–Trinajstić information content (AvgIpc) is 2.73. The van der Waals surface area contributed by atoms with Crippen molar-refractivity contribution in [2.75, 3.05) is 18.5 Å². The molecule has 0 unspecified atom stereocenters. The van der Waals surface area contributed by atoms with Crippen LogP contribution in [0.5, 0.6) is 0 Å². The van der Waals surface area contributed by atoms with Gasteiger partial charge in [-0.2, -0.15) is 0 Å². The fourth-order valence-corrected chi connectivity index (χ4v) is 1.41. The summed E-state index contributed by atoms with van der Waals surface area (Å²) in [6, 6.07) is 0. The minimum absolute atomic E-state index is 0.0656. The molecular weight excluding hydrogens is 210 g/mol. The number of carbonyl (C=O) groups is 1. The van der Waals surface area contributed by atoms with E-state index < -0.39 is 5.97 Å². The van der Waals surface area contributed by atoms with Gasteiger partial charge in [0.1, 0.15) is 11.8 Å². The topological polar surface area (TPSA) is 95.0 Å². The highest BCUT2D eigenvalue weighted by atomic mass is 16.4. The van der Waals surface area contributed by atoms with Crippen LogP contribution in [0.1, 0.15) is 6.42 Å². The first kappa shape index (κ1) is 10.3. The monoisotopic (exact) mass is 221 g/mol. The third kappa shape index (κ3) is 1.92. The Bertz CT molecular complexity index is 509. The first-order chi connectivity index (χ1) is 7.68. The van der Waals surface area contributed by atoms with Crippen molar-refractivity contribution in [1.29, 1.82) is 0 Å². The quantitative estimate of drug-likeness (QED) is 0.769. The van der Waals surface area contributed by atoms with Crippen LogP contribution in [0.25, 0.3) is 11.2 Å². The van der Waals surface area contributed by atoms with Gasteiger partial charge >= 0.3 is 5.97 Å². The molecule has 2 aromatic rings. The molecule has 16 heavy (non-hydrogen) atoms. The summed E-state index contributed by atoms with van der Waals surface area (Å²) >= 11 is 0. The van der Waals surface area contributed by atoms with Crippen LogP contribution < -0.4 is 4.90 Å². The van der Waals surface area contributed by atoms with Crippen molar-refractivity contribution in [1.82, 2.24) is 19.9 Å². The van der Waals surface area contributed by atoms with E-state index in [0.29, 0.717) is 18.0 Å². The standard InChI is InChI=1S/C9H11N5O2/c1-14(3-2-6(15)16)9-7-8(11-4-10-7)12-5-13-9/h4-5H,2-3H2,1H3,(H,15,16)(H,10,11,12,13). The van der Waals surface area contributed by atoms with E-state index in [-0.39, 0.29) is 6.42 Å². The second-order valence-corrected chi connectivity index (χ2v) is 3.36. The van der Waals surface area contributed by atoms with Gasteiger partial charge in [0.15, 0.2) is 11.5 Å². The van der Waals surface area contributed by atoms with E-state index >= 15 is 0 Å². The molecule has 0 fully saturated rings. The third-order valence-electron chi connectivity index (χ3n) is 2.23. The van der Waals surface area contributed by atoms with Gasteiger partial charge in [0, 0.05) is 13.6 Å². The van der Waals surface area contributed by atoms with Gasteiger partial charge in [-0.3, -0.25) is 4.79 Å². The Morgan fingerprint density at radius 1 is 1.50 bits per heavy atom. The molecule has 2 N–H and O–H groups in total. The maximum Gasteiger partial charge on any atom is 0.305 e. The predicted octanol–water partition coefficient (Wildman–Crippen LogP) is 0.264. The second-order valence-electron chi connectivity index (χ2n) is 3.36. The number of aliphatic carboxylic acids is 1. The molecule has 7 heteroatoms. The van der Waals surface area contributed by atoms with Crippen LogP contribution in [0, 0.1) is 0 Å². The maximum atomic E-state index is 10.5. The fourth-order valence-electron chi connectivity index (χ4n) is 1.41. The number of hydrogen-bond donors (Lipinski definition) is 2. The zero-order chi connectivity index (χ0) is 11.5. The Balaban J connectivity index is 2.25. The molecule has 0 bridgehead atoms. The number of imidazole rings is 1. The number of H-pyrrole nitrogens is 1. The number of fused-ring (bicyclic) bond motifs is 1. The molecule has 2 rings (SSSR count). The highest BCUT2D eigenvalue weighted by Gasteiger charge is 2.11. The van der Waals surface area contributed by atoms with Gasteiger partial charge in [-0.25, -0.2) is 15.0 Å². The molecule has 0 radical (unpaired) electrons. The molecular formula is C9H11N5O2. The molecule has 0 spiro atoms. The second kappa shape index (κ2) is 4.13. The number of rotatable bonds is 4. The minimum atomic E-state index is -0.832. The van der Waals surface area contributed by atoms with Crippen LogP contribution in [0.15, 0.2) is 12.7 Å². The van der Waals surface area contributed by atoms with Crippen molar-refractivity contribution in [3.8, 4) is 0 Å². The minimum Gasteiger partial charge on any atom is -0.481 e. The Morgan fingerprint density at radius 2 is 2.31 bits per heavy atom. The molecule has 0 saturated heterocycles. The largest absolute Gasteiger partial charge is 0.481 e. The number of anilines is 1. The molecule has 0 saturated carbocycles. The molecule has 0 aliphatic carbocycles. The van der Waals surface area contributed by atoms with E-state index in [1.54, 1.807) is 11.9 Å². The van der Waals surface area contributed by atoms with Crippen LogP contribution in [0.3, 0.4) is 0 Å². The SMILES string of the molecule is CN(CCC(=O)O)c1ncnc2nc[nH]c12. The smallest absolute Gasteiger partial charge is 0.305 e. The summed E-state index contributed by atoms with van der Waals surface area (Å²) < 4.78 is 0. The van der Waals surface area contributed by atoms with Gasteiger partial charge in [0.25, 0.3) is 0 Å². The van der Waals surface area contributed by atoms with E-state index in [4.69, 9.17) is 5.11 Å². The van der Waals surface area contributed by atoms with Gasteiger partial charge in [-0.1, -0.05) is 0 Å². The Morgan fingerprint density at radius 3 is 3.06 bits per heavy atom. The van der Waals surface area contributed by atoms with Crippen molar-refractivity contribution in [3.63, 3.8) is 0 Å². The maximum absolute atomic E-state index is 10.5. The number of nitrogens with one attached hydrogen (secondary N) is 1. The lowest BCUT2D eigenvalue weighted by Crippen LogP contribution is -2.22. The number of hydrogen-bond acceptors (Lipinski definition) is 5. The van der Waals surface area contributed by atoms with E-state index in [2.05, 4.69) is 19.9 Å². The van der Waals surface area contributed by atoms with E-state index in [1.807, 2.05) is 0 Å². The van der Waals surface area contributed by atoms with Crippen molar-refractivity contribution < 1.29 is 9.90 Å². The van der Waals surface area contributed by atoms with Crippen molar-refractivity contribution in [2.45, 2.75) is 6.42 Å².